The highest BCUT2D eigenvalue weighted by Gasteiger charge is 2.45. The van der Waals surface area contributed by atoms with Crippen molar-refractivity contribution >= 4 is 0 Å². The van der Waals surface area contributed by atoms with Crippen LogP contribution in [0, 0.1) is 11.6 Å². The summed E-state index contributed by atoms with van der Waals surface area (Å²) in [5, 5.41) is 38.8. The number of ether oxygens (including phenoxy) is 2. The van der Waals surface area contributed by atoms with Crippen molar-refractivity contribution in [2.75, 3.05) is 6.61 Å². The molecule has 1 heterocycles. The quantitative estimate of drug-likeness (QED) is 0.549. The van der Waals surface area contributed by atoms with E-state index in [0.29, 0.717) is 0 Å². The zero-order chi connectivity index (χ0) is 22.2. The Labute approximate surface area is 166 Å². The van der Waals surface area contributed by atoms with Crippen molar-refractivity contribution in [1.29, 1.82) is 0 Å². The van der Waals surface area contributed by atoms with Gasteiger partial charge in [0.05, 0.1) is 17.7 Å². The highest BCUT2D eigenvalue weighted by atomic mass is 19.4. The van der Waals surface area contributed by atoms with E-state index in [1.54, 1.807) is 0 Å². The number of benzene rings is 2. The smallest absolute Gasteiger partial charge is 0.416 e. The van der Waals surface area contributed by atoms with E-state index in [9.17, 15) is 42.4 Å². The molecular weight excluding hydrogens is 419 g/mol. The molecule has 0 amide bonds. The lowest BCUT2D eigenvalue weighted by Crippen LogP contribution is -2.55. The second kappa shape index (κ2) is 8.44. The molecule has 30 heavy (non-hydrogen) atoms. The molecule has 0 saturated carbocycles. The molecule has 2 aromatic rings. The number of hydrogen-bond acceptors (Lipinski definition) is 6. The average Bonchev–Trinajstić information content (AvgIpc) is 2.67. The van der Waals surface area contributed by atoms with Gasteiger partial charge in [0.25, 0.3) is 0 Å². The fourth-order valence-corrected chi connectivity index (χ4v) is 3.08. The van der Waals surface area contributed by atoms with E-state index in [-0.39, 0.29) is 11.5 Å². The zero-order valence-electron chi connectivity index (χ0n) is 15.1. The van der Waals surface area contributed by atoms with E-state index in [0.717, 1.165) is 36.4 Å². The Kier molecular flexibility index (Phi) is 6.29. The van der Waals surface area contributed by atoms with E-state index < -0.39 is 66.1 Å². The summed E-state index contributed by atoms with van der Waals surface area (Å²) in [5.41, 5.74) is -1.70. The highest BCUT2D eigenvalue weighted by Crippen LogP contribution is 2.37. The van der Waals surface area contributed by atoms with Crippen molar-refractivity contribution in [3.8, 4) is 11.5 Å². The predicted octanol–water partition coefficient (Wildman–Crippen LogP) is 2.29. The van der Waals surface area contributed by atoms with Gasteiger partial charge in [-0.2, -0.15) is 13.2 Å². The second-order valence-electron chi connectivity index (χ2n) is 6.67. The summed E-state index contributed by atoms with van der Waals surface area (Å²) in [6, 6.07) is 4.87. The van der Waals surface area contributed by atoms with Gasteiger partial charge in [-0.15, -0.1) is 0 Å². The number of alkyl halides is 3. The fourth-order valence-electron chi connectivity index (χ4n) is 3.08. The normalized spacial score (nSPS) is 27.2. The van der Waals surface area contributed by atoms with Crippen molar-refractivity contribution < 1.29 is 51.9 Å². The van der Waals surface area contributed by atoms with Gasteiger partial charge in [-0.05, 0) is 24.3 Å². The molecule has 0 radical (unpaired) electrons. The van der Waals surface area contributed by atoms with Gasteiger partial charge in [0.1, 0.15) is 53.7 Å². The summed E-state index contributed by atoms with van der Waals surface area (Å²) in [5.74, 6) is -2.96. The molecule has 5 atom stereocenters. The molecule has 0 bridgehead atoms. The van der Waals surface area contributed by atoms with E-state index >= 15 is 0 Å². The molecule has 4 N–H and O–H groups in total. The molecule has 1 fully saturated rings. The first-order valence-electron chi connectivity index (χ1n) is 8.67. The van der Waals surface area contributed by atoms with Gasteiger partial charge in [-0.1, -0.05) is 0 Å². The minimum absolute atomic E-state index is 0.109. The fraction of sp³-hybridized carbons (Fsp3) is 0.368. The molecule has 11 heteroatoms. The van der Waals surface area contributed by atoms with Crippen LogP contribution in [0.4, 0.5) is 22.0 Å². The molecular formula is C19H17F5O6. The molecule has 6 nitrogen and oxygen atoms in total. The van der Waals surface area contributed by atoms with Crippen LogP contribution in [0.3, 0.4) is 0 Å². The van der Waals surface area contributed by atoms with Crippen molar-refractivity contribution in [2.45, 2.75) is 36.7 Å². The minimum Gasteiger partial charge on any atom is -0.457 e. The molecule has 0 unspecified atom stereocenters. The van der Waals surface area contributed by atoms with Crippen molar-refractivity contribution in [2.24, 2.45) is 0 Å². The summed E-state index contributed by atoms with van der Waals surface area (Å²) in [4.78, 5) is 0. The van der Waals surface area contributed by atoms with Crippen molar-refractivity contribution in [3.05, 3.63) is 59.2 Å². The summed E-state index contributed by atoms with van der Waals surface area (Å²) in [6.45, 7) is -0.778. The first-order valence-corrected chi connectivity index (χ1v) is 8.67. The summed E-state index contributed by atoms with van der Waals surface area (Å²) in [7, 11) is 0. The molecule has 1 saturated heterocycles. The Morgan fingerprint density at radius 2 is 1.43 bits per heavy atom. The Morgan fingerprint density at radius 3 is 1.93 bits per heavy atom. The van der Waals surface area contributed by atoms with Crippen LogP contribution in [-0.2, 0) is 10.9 Å². The van der Waals surface area contributed by atoms with Gasteiger partial charge in [0.15, 0.2) is 0 Å². The molecule has 164 valence electrons. The molecule has 0 spiro atoms. The predicted molar refractivity (Wildman–Crippen MR) is 90.6 cm³/mol. The Balaban J connectivity index is 1.85. The van der Waals surface area contributed by atoms with E-state index in [2.05, 4.69) is 0 Å². The van der Waals surface area contributed by atoms with E-state index in [1.165, 1.54) is 0 Å². The molecule has 3 rings (SSSR count). The van der Waals surface area contributed by atoms with Gasteiger partial charge in [0, 0.05) is 12.1 Å². The van der Waals surface area contributed by atoms with Crippen LogP contribution in [0.25, 0.3) is 0 Å². The zero-order valence-corrected chi connectivity index (χ0v) is 15.1. The Hall–Kier alpha value is -2.31. The van der Waals surface area contributed by atoms with Gasteiger partial charge < -0.3 is 29.9 Å². The maximum absolute atomic E-state index is 14.6. The number of rotatable bonds is 4. The number of hydrogen-bond donors (Lipinski definition) is 4. The van der Waals surface area contributed by atoms with Crippen LogP contribution < -0.4 is 4.74 Å². The third-order valence-electron chi connectivity index (χ3n) is 4.65. The lowest BCUT2D eigenvalue weighted by molar-refractivity contribution is -0.232. The third-order valence-corrected chi connectivity index (χ3v) is 4.65. The van der Waals surface area contributed by atoms with Crippen LogP contribution in [0.5, 0.6) is 11.5 Å². The lowest BCUT2D eigenvalue weighted by atomic mass is 9.90. The maximum Gasteiger partial charge on any atom is 0.416 e. The van der Waals surface area contributed by atoms with Gasteiger partial charge in [-0.25, -0.2) is 8.78 Å². The van der Waals surface area contributed by atoms with Crippen LogP contribution >= 0.6 is 0 Å². The molecule has 2 aromatic carbocycles. The minimum atomic E-state index is -4.55. The monoisotopic (exact) mass is 436 g/mol. The summed E-state index contributed by atoms with van der Waals surface area (Å²) in [6.07, 6.45) is -13.1. The summed E-state index contributed by atoms with van der Waals surface area (Å²) < 4.78 is 77.2. The Morgan fingerprint density at radius 1 is 0.867 bits per heavy atom. The van der Waals surface area contributed by atoms with Crippen LogP contribution in [0.1, 0.15) is 17.2 Å². The second-order valence-corrected chi connectivity index (χ2v) is 6.67. The van der Waals surface area contributed by atoms with Crippen molar-refractivity contribution in [3.63, 3.8) is 0 Å². The third kappa shape index (κ3) is 4.40. The van der Waals surface area contributed by atoms with Crippen molar-refractivity contribution in [1.82, 2.24) is 0 Å². The van der Waals surface area contributed by atoms with E-state index in [1.807, 2.05) is 0 Å². The number of aliphatic hydroxyl groups excluding tert-OH is 4. The maximum atomic E-state index is 14.6. The molecule has 0 aliphatic carbocycles. The summed E-state index contributed by atoms with van der Waals surface area (Å²) >= 11 is 0. The van der Waals surface area contributed by atoms with Gasteiger partial charge in [-0.3, -0.25) is 0 Å². The van der Waals surface area contributed by atoms with Gasteiger partial charge >= 0.3 is 6.18 Å². The molecule has 1 aliphatic rings. The first kappa shape index (κ1) is 22.4. The SMILES string of the molecule is OC[C@H]1O[C@@H](c2c(F)cc(Oc3ccc(C(F)(F)F)cc3)cc2F)[C@H](O)[C@@H](O)[C@@H]1O. The first-order chi connectivity index (χ1) is 14.0. The topological polar surface area (TPSA) is 99.4 Å². The lowest BCUT2D eigenvalue weighted by Gasteiger charge is -2.40. The number of halogens is 5. The Bertz CT molecular complexity index is 863. The van der Waals surface area contributed by atoms with Crippen LogP contribution in [0.2, 0.25) is 0 Å². The van der Waals surface area contributed by atoms with E-state index in [4.69, 9.17) is 9.47 Å². The average molecular weight is 436 g/mol. The van der Waals surface area contributed by atoms with Gasteiger partial charge in [0.2, 0.25) is 0 Å². The molecule has 0 aromatic heterocycles. The molecule has 1 aliphatic heterocycles. The van der Waals surface area contributed by atoms with Crippen LogP contribution in [0.15, 0.2) is 36.4 Å². The standard InChI is InChI=1S/C19H17F5O6/c20-11-5-10(29-9-3-1-8(2-4-9)19(22,23)24)6-12(21)14(11)18-17(28)16(27)15(26)13(7-25)30-18/h1-6,13,15-18,25-28H,7H2/t13-,15-,16+,17-,18+/m1/s1. The highest BCUT2D eigenvalue weighted by molar-refractivity contribution is 5.37. The largest absolute Gasteiger partial charge is 0.457 e. The van der Waals surface area contributed by atoms with Crippen LogP contribution in [-0.4, -0.2) is 51.4 Å². The number of aliphatic hydroxyl groups is 4.